The molecule has 0 saturated carbocycles. The zero-order valence-electron chi connectivity index (χ0n) is 41.0. The van der Waals surface area contributed by atoms with Gasteiger partial charge in [0.05, 0.1) is 43.1 Å². The Hall–Kier alpha value is -6.92. The molecule has 2 amide bonds. The van der Waals surface area contributed by atoms with Crippen molar-refractivity contribution in [1.82, 2.24) is 29.7 Å². The summed E-state index contributed by atoms with van der Waals surface area (Å²) in [7, 11) is 2.19. The molecule has 1 saturated heterocycles. The van der Waals surface area contributed by atoms with Gasteiger partial charge in [-0.3, -0.25) is 0 Å². The number of carbonyl (C=O) groups is 4. The van der Waals surface area contributed by atoms with Gasteiger partial charge in [-0.15, -0.1) is 0 Å². The molecular formula is C46H56BBrN8O14. The Morgan fingerprint density at radius 1 is 0.686 bits per heavy atom. The highest BCUT2D eigenvalue weighted by Crippen LogP contribution is 2.39. The van der Waals surface area contributed by atoms with Crippen molar-refractivity contribution in [3.05, 3.63) is 108 Å². The lowest BCUT2D eigenvalue weighted by molar-refractivity contribution is -0.390. The van der Waals surface area contributed by atoms with Crippen molar-refractivity contribution in [1.29, 1.82) is 0 Å². The highest BCUT2D eigenvalue weighted by atomic mass is 79.9. The zero-order valence-corrected chi connectivity index (χ0v) is 42.5. The summed E-state index contributed by atoms with van der Waals surface area (Å²) in [6.45, 7) is 20.4. The van der Waals surface area contributed by atoms with Gasteiger partial charge in [-0.05, 0) is 149 Å². The molecule has 24 heteroatoms. The topological polar surface area (TPSA) is 274 Å². The molecule has 2 aromatic carbocycles. The first-order valence-electron chi connectivity index (χ1n) is 21.7. The molecule has 2 N–H and O–H groups in total. The first kappa shape index (κ1) is 54.0. The Bertz CT molecular complexity index is 2670. The molecule has 0 radical (unpaired) electrons. The van der Waals surface area contributed by atoms with Crippen molar-refractivity contribution in [2.75, 3.05) is 40.4 Å². The van der Waals surface area contributed by atoms with E-state index in [-0.39, 0.29) is 65.3 Å². The van der Waals surface area contributed by atoms with E-state index in [1.54, 1.807) is 80.3 Å². The highest BCUT2D eigenvalue weighted by Gasteiger charge is 2.53. The summed E-state index contributed by atoms with van der Waals surface area (Å²) in [6.07, 6.45) is 2.92. The largest absolute Gasteiger partial charge is 0.492 e. The number of nitrogens with zero attached hydrogens (tertiary/aromatic N) is 6. The summed E-state index contributed by atoms with van der Waals surface area (Å²) in [5, 5.41) is 22.2. The number of nitro groups is 2. The Kier molecular flexibility index (Phi) is 16.5. The van der Waals surface area contributed by atoms with E-state index in [4.69, 9.17) is 18.8 Å². The first-order valence-corrected chi connectivity index (χ1v) is 22.5. The van der Waals surface area contributed by atoms with E-state index in [1.165, 1.54) is 19.1 Å². The third-order valence-electron chi connectivity index (χ3n) is 10.9. The molecule has 374 valence electrons. The summed E-state index contributed by atoms with van der Waals surface area (Å²) in [5.41, 5.74) is 1.81. The SMILES string of the molecule is CC(C)(C)OC(=O)N1CC=C(B2OC(C)(C)C(C)(C)O2)C1.COC(=O)c1ccc(-c2nc(Br)c([N+](=O)[O-])[nH]2)cc1.COC(=O)c1ccc(-c2nc(C3=CCN(C(=O)OC(C)(C)C)C3)c([N+](=O)[O-])[nH]2)cc1. The lowest BCUT2D eigenvalue weighted by atomic mass is 9.79. The van der Waals surface area contributed by atoms with Crippen molar-refractivity contribution >= 4 is 64.4 Å². The van der Waals surface area contributed by atoms with Crippen molar-refractivity contribution in [3.63, 3.8) is 0 Å². The number of ether oxygens (including phenoxy) is 4. The average Bonchev–Trinajstić information content (AvgIpc) is 4.13. The second-order valence-electron chi connectivity index (χ2n) is 19.0. The minimum atomic E-state index is -0.637. The lowest BCUT2D eigenvalue weighted by Crippen LogP contribution is -2.41. The van der Waals surface area contributed by atoms with E-state index in [9.17, 15) is 39.4 Å². The number of aromatic nitrogens is 4. The first-order chi connectivity index (χ1) is 32.5. The summed E-state index contributed by atoms with van der Waals surface area (Å²) in [6, 6.07) is 12.7. The number of H-pyrrole nitrogens is 2. The van der Waals surface area contributed by atoms with Crippen LogP contribution < -0.4 is 0 Å². The fraction of sp³-hybridized carbons (Fsp3) is 0.435. The maximum atomic E-state index is 12.3. The van der Waals surface area contributed by atoms with E-state index < -0.39 is 39.1 Å². The number of carbonyl (C=O) groups excluding carboxylic acids is 4. The molecule has 0 bridgehead atoms. The van der Waals surface area contributed by atoms with Crippen LogP contribution in [0.25, 0.3) is 28.3 Å². The quantitative estimate of drug-likeness (QED) is 0.0549. The van der Waals surface area contributed by atoms with Crippen LogP contribution in [0.4, 0.5) is 21.2 Å². The summed E-state index contributed by atoms with van der Waals surface area (Å²) < 4.78 is 32.1. The molecule has 0 atom stereocenters. The predicted molar refractivity (Wildman–Crippen MR) is 259 cm³/mol. The number of hydrogen-bond acceptors (Lipinski definition) is 16. The van der Waals surface area contributed by atoms with Gasteiger partial charge >= 0.3 is 42.9 Å². The average molecular weight is 1040 g/mol. The fourth-order valence-corrected chi connectivity index (χ4v) is 7.04. The third kappa shape index (κ3) is 13.4. The van der Waals surface area contributed by atoms with Crippen molar-refractivity contribution in [3.8, 4) is 22.8 Å². The molecule has 0 unspecified atom stereocenters. The van der Waals surface area contributed by atoms with Crippen LogP contribution >= 0.6 is 15.9 Å². The second-order valence-corrected chi connectivity index (χ2v) is 19.7. The lowest BCUT2D eigenvalue weighted by Gasteiger charge is -2.32. The maximum absolute atomic E-state index is 12.3. The van der Waals surface area contributed by atoms with Gasteiger partial charge in [0.2, 0.25) is 16.3 Å². The Morgan fingerprint density at radius 2 is 1.10 bits per heavy atom. The molecule has 5 heterocycles. The van der Waals surface area contributed by atoms with Crippen LogP contribution in [0.15, 0.2) is 70.8 Å². The third-order valence-corrected chi connectivity index (χ3v) is 11.4. The number of rotatable bonds is 8. The van der Waals surface area contributed by atoms with Gasteiger partial charge in [0.25, 0.3) is 0 Å². The van der Waals surface area contributed by atoms with Gasteiger partial charge < -0.3 is 58.3 Å². The Morgan fingerprint density at radius 3 is 1.51 bits per heavy atom. The number of hydrogen-bond donors (Lipinski definition) is 2. The number of nitrogens with one attached hydrogen (secondary N) is 2. The van der Waals surface area contributed by atoms with E-state index in [2.05, 4.69) is 45.3 Å². The number of halogens is 1. The van der Waals surface area contributed by atoms with Crippen LogP contribution in [0.1, 0.15) is 95.6 Å². The molecular weight excluding hydrogens is 979 g/mol. The monoisotopic (exact) mass is 1030 g/mol. The highest BCUT2D eigenvalue weighted by molar-refractivity contribution is 9.10. The second kappa shape index (κ2) is 21.4. The molecule has 1 fully saturated rings. The van der Waals surface area contributed by atoms with Crippen LogP contribution in [-0.2, 0) is 28.3 Å². The molecule has 3 aliphatic rings. The molecule has 70 heavy (non-hydrogen) atoms. The van der Waals surface area contributed by atoms with Gasteiger partial charge in [0.15, 0.2) is 5.69 Å². The number of benzene rings is 2. The number of amides is 2. The van der Waals surface area contributed by atoms with E-state index >= 15 is 0 Å². The smallest absolute Gasteiger partial charge is 0.465 e. The van der Waals surface area contributed by atoms with Crippen molar-refractivity contribution in [2.24, 2.45) is 0 Å². The van der Waals surface area contributed by atoms with Gasteiger partial charge in [-0.25, -0.2) is 34.1 Å². The predicted octanol–water partition coefficient (Wildman–Crippen LogP) is 8.73. The molecule has 22 nitrogen and oxygen atoms in total. The Balaban J connectivity index is 0.000000202. The zero-order chi connectivity index (χ0) is 52.1. The summed E-state index contributed by atoms with van der Waals surface area (Å²) in [4.78, 5) is 85.1. The molecule has 0 spiro atoms. The van der Waals surface area contributed by atoms with E-state index in [0.29, 0.717) is 46.7 Å². The standard InChI is InChI=1S/C20H22N4O6.C15H26BNO4.C11H8BrN3O4/c1-20(2,3)30-19(26)23-10-9-14(11-23)15-17(24(27)28)22-16(21-15)12-5-7-13(8-6-12)18(25)29-4;1-13(2,3)19-12(18)17-9-8-11(10-17)16-20-14(4,5)15(6,7)21-16;1-19-11(16)7-4-2-6(3-5-7)9-13-8(12)10(14-9)15(17)18/h5-9H,10-11H2,1-4H3,(H,21,22);8H,9-10H2,1-7H3;2-5H,1H3,(H,13,14). The molecule has 0 aliphatic carbocycles. The van der Waals surface area contributed by atoms with Crippen LogP contribution in [0.3, 0.4) is 0 Å². The molecule has 7 rings (SSSR count). The minimum absolute atomic E-state index is 0.129. The number of imidazole rings is 2. The number of methoxy groups -OCH3 is 2. The van der Waals surface area contributed by atoms with Crippen LogP contribution in [0, 0.1) is 20.2 Å². The maximum Gasteiger partial charge on any atom is 0.492 e. The summed E-state index contributed by atoms with van der Waals surface area (Å²) in [5.74, 6) is -0.782. The van der Waals surface area contributed by atoms with Crippen LogP contribution in [0.2, 0.25) is 0 Å². The fourth-order valence-electron chi connectivity index (χ4n) is 6.62. The van der Waals surface area contributed by atoms with Crippen LogP contribution in [-0.4, -0.2) is 134 Å². The number of aromatic amines is 2. The van der Waals surface area contributed by atoms with Crippen molar-refractivity contribution in [2.45, 2.75) is 91.6 Å². The molecule has 3 aliphatic heterocycles. The summed E-state index contributed by atoms with van der Waals surface area (Å²) >= 11 is 3.01. The molecule has 2 aromatic heterocycles. The normalized spacial score (nSPS) is 15.9. The van der Waals surface area contributed by atoms with E-state index in [1.807, 2.05) is 54.5 Å². The van der Waals surface area contributed by atoms with E-state index in [0.717, 1.165) is 5.47 Å². The van der Waals surface area contributed by atoms with Gasteiger partial charge in [0.1, 0.15) is 11.2 Å². The van der Waals surface area contributed by atoms with Gasteiger partial charge in [0, 0.05) is 36.3 Å². The minimum Gasteiger partial charge on any atom is -0.465 e. The van der Waals surface area contributed by atoms with Crippen molar-refractivity contribution < 1.29 is 57.3 Å². The number of esters is 2. The van der Waals surface area contributed by atoms with Gasteiger partial charge in [-0.2, -0.15) is 4.98 Å². The van der Waals surface area contributed by atoms with Crippen LogP contribution in [0.5, 0.6) is 0 Å². The Labute approximate surface area is 412 Å². The molecule has 4 aromatic rings. The van der Waals surface area contributed by atoms with Gasteiger partial charge in [-0.1, -0.05) is 12.2 Å².